The van der Waals surface area contributed by atoms with E-state index in [-0.39, 0.29) is 0 Å². The molecule has 5 nitrogen and oxygen atoms in total. The Morgan fingerprint density at radius 3 is 2.85 bits per heavy atom. The molecule has 0 unspecified atom stereocenters. The molecule has 0 amide bonds. The molecule has 2 aromatic rings. The van der Waals surface area contributed by atoms with Gasteiger partial charge in [-0.3, -0.25) is 0 Å². The topological polar surface area (TPSA) is 62.7 Å². The van der Waals surface area contributed by atoms with E-state index >= 15 is 0 Å². The summed E-state index contributed by atoms with van der Waals surface area (Å²) < 4.78 is 0. The number of hydrogen-bond donors (Lipinski definition) is 2. The highest BCUT2D eigenvalue weighted by atomic mass is 32.1. The van der Waals surface area contributed by atoms with E-state index in [9.17, 15) is 0 Å². The molecule has 0 aliphatic heterocycles. The van der Waals surface area contributed by atoms with Crippen LogP contribution < -0.4 is 10.6 Å². The van der Waals surface area contributed by atoms with E-state index in [0.717, 1.165) is 35.3 Å². The summed E-state index contributed by atoms with van der Waals surface area (Å²) in [6.07, 6.45) is 4.62. The minimum absolute atomic E-state index is 0.709. The number of nitrogens with one attached hydrogen (secondary N) is 2. The number of thiazole rings is 1. The van der Waals surface area contributed by atoms with Crippen LogP contribution in [0.15, 0.2) is 5.38 Å². The van der Waals surface area contributed by atoms with E-state index in [1.807, 2.05) is 14.0 Å². The summed E-state index contributed by atoms with van der Waals surface area (Å²) in [7, 11) is 1.89. The van der Waals surface area contributed by atoms with Crippen LogP contribution in [-0.2, 0) is 19.4 Å². The zero-order valence-electron chi connectivity index (χ0n) is 11.9. The van der Waals surface area contributed by atoms with Crippen LogP contribution in [0, 0.1) is 6.92 Å². The summed E-state index contributed by atoms with van der Waals surface area (Å²) in [4.78, 5) is 13.6. The van der Waals surface area contributed by atoms with Crippen molar-refractivity contribution in [1.29, 1.82) is 0 Å². The summed E-state index contributed by atoms with van der Waals surface area (Å²) in [6, 6.07) is 0. The number of aryl methyl sites for hydroxylation is 2. The van der Waals surface area contributed by atoms with Crippen LogP contribution in [-0.4, -0.2) is 22.0 Å². The van der Waals surface area contributed by atoms with Gasteiger partial charge in [-0.25, -0.2) is 15.0 Å². The maximum atomic E-state index is 4.57. The molecule has 0 atom stereocenters. The fourth-order valence-electron chi connectivity index (χ4n) is 2.54. The summed E-state index contributed by atoms with van der Waals surface area (Å²) in [5.41, 5.74) is 3.56. The number of fused-ring (bicyclic) bond motifs is 1. The van der Waals surface area contributed by atoms with Crippen LogP contribution in [0.2, 0.25) is 0 Å². The van der Waals surface area contributed by atoms with Gasteiger partial charge >= 0.3 is 0 Å². The molecule has 2 N–H and O–H groups in total. The van der Waals surface area contributed by atoms with Crippen LogP contribution in [0.3, 0.4) is 0 Å². The first-order valence-corrected chi connectivity index (χ1v) is 7.86. The first-order chi connectivity index (χ1) is 9.76. The summed E-state index contributed by atoms with van der Waals surface area (Å²) >= 11 is 1.62. The van der Waals surface area contributed by atoms with Crippen LogP contribution in [0.4, 0.5) is 10.9 Å². The molecule has 0 radical (unpaired) electrons. The molecule has 1 aliphatic rings. The highest BCUT2D eigenvalue weighted by Gasteiger charge is 2.16. The normalized spacial score (nSPS) is 13.9. The summed E-state index contributed by atoms with van der Waals surface area (Å²) in [5.74, 6) is 1.84. The molecule has 0 fully saturated rings. The SMILES string of the molecule is CNc1nc(CNc2nc(C)nc3c2CCCC3)cs1. The molecule has 2 heterocycles. The molecule has 3 rings (SSSR count). The Labute approximate surface area is 122 Å². The average molecular weight is 289 g/mol. The first kappa shape index (κ1) is 13.3. The quantitative estimate of drug-likeness (QED) is 0.906. The second kappa shape index (κ2) is 5.75. The molecule has 0 spiro atoms. The van der Waals surface area contributed by atoms with E-state index in [1.165, 1.54) is 24.1 Å². The Kier molecular flexibility index (Phi) is 3.82. The smallest absolute Gasteiger partial charge is 0.182 e. The van der Waals surface area contributed by atoms with Crippen molar-refractivity contribution in [3.8, 4) is 0 Å². The maximum absolute atomic E-state index is 4.57. The average Bonchev–Trinajstić information content (AvgIpc) is 2.92. The van der Waals surface area contributed by atoms with Gasteiger partial charge in [0.2, 0.25) is 0 Å². The lowest BCUT2D eigenvalue weighted by Crippen LogP contribution is -2.13. The van der Waals surface area contributed by atoms with E-state index in [1.54, 1.807) is 11.3 Å². The zero-order chi connectivity index (χ0) is 13.9. The minimum atomic E-state index is 0.709. The zero-order valence-corrected chi connectivity index (χ0v) is 12.7. The molecule has 0 saturated heterocycles. The second-order valence-corrected chi connectivity index (χ2v) is 5.86. The van der Waals surface area contributed by atoms with Crippen molar-refractivity contribution in [2.24, 2.45) is 0 Å². The summed E-state index contributed by atoms with van der Waals surface area (Å²) in [5, 5.41) is 9.51. The Morgan fingerprint density at radius 2 is 2.05 bits per heavy atom. The van der Waals surface area contributed by atoms with Crippen LogP contribution >= 0.6 is 11.3 Å². The van der Waals surface area contributed by atoms with Gasteiger partial charge in [-0.15, -0.1) is 11.3 Å². The molecule has 20 heavy (non-hydrogen) atoms. The van der Waals surface area contributed by atoms with Gasteiger partial charge in [0.25, 0.3) is 0 Å². The predicted octanol–water partition coefficient (Wildman–Crippen LogP) is 2.77. The number of nitrogens with zero attached hydrogens (tertiary/aromatic N) is 3. The fourth-order valence-corrected chi connectivity index (χ4v) is 3.21. The lowest BCUT2D eigenvalue weighted by atomic mass is 9.96. The van der Waals surface area contributed by atoms with Crippen molar-refractivity contribution in [2.75, 3.05) is 17.7 Å². The molecule has 0 aromatic carbocycles. The standard InChI is InChI=1S/C14H19N5S/c1-9-17-12-6-4-3-5-11(12)13(18-9)16-7-10-8-20-14(15-2)19-10/h8H,3-7H2,1-2H3,(H,15,19)(H,16,17,18). The summed E-state index contributed by atoms with van der Waals surface area (Å²) in [6.45, 7) is 2.67. The molecular formula is C14H19N5S. The highest BCUT2D eigenvalue weighted by Crippen LogP contribution is 2.26. The van der Waals surface area contributed by atoms with Crippen LogP contribution in [0.1, 0.15) is 35.6 Å². The van der Waals surface area contributed by atoms with E-state index < -0.39 is 0 Å². The third-order valence-corrected chi connectivity index (χ3v) is 4.41. The van der Waals surface area contributed by atoms with E-state index in [2.05, 4.69) is 31.0 Å². The van der Waals surface area contributed by atoms with Gasteiger partial charge in [-0.2, -0.15) is 0 Å². The van der Waals surface area contributed by atoms with Gasteiger partial charge in [0, 0.05) is 23.7 Å². The van der Waals surface area contributed by atoms with Crippen molar-refractivity contribution >= 4 is 22.3 Å². The molecule has 0 bridgehead atoms. The van der Waals surface area contributed by atoms with Crippen molar-refractivity contribution in [1.82, 2.24) is 15.0 Å². The largest absolute Gasteiger partial charge is 0.365 e. The number of hydrogen-bond acceptors (Lipinski definition) is 6. The third-order valence-electron chi connectivity index (χ3n) is 3.50. The van der Waals surface area contributed by atoms with Gasteiger partial charge in [0.05, 0.1) is 12.2 Å². The van der Waals surface area contributed by atoms with E-state index in [4.69, 9.17) is 0 Å². The Balaban J connectivity index is 1.78. The van der Waals surface area contributed by atoms with Gasteiger partial charge in [-0.1, -0.05) is 0 Å². The lowest BCUT2D eigenvalue weighted by Gasteiger charge is -2.18. The van der Waals surface area contributed by atoms with Crippen LogP contribution in [0.5, 0.6) is 0 Å². The Bertz CT molecular complexity index is 608. The number of anilines is 2. The van der Waals surface area contributed by atoms with Gasteiger partial charge < -0.3 is 10.6 Å². The highest BCUT2D eigenvalue weighted by molar-refractivity contribution is 7.13. The number of aromatic nitrogens is 3. The van der Waals surface area contributed by atoms with Gasteiger partial charge in [0.1, 0.15) is 11.6 Å². The fraction of sp³-hybridized carbons (Fsp3) is 0.500. The maximum Gasteiger partial charge on any atom is 0.182 e. The molecule has 1 aliphatic carbocycles. The minimum Gasteiger partial charge on any atom is -0.365 e. The van der Waals surface area contributed by atoms with Gasteiger partial charge in [-0.05, 0) is 32.6 Å². The molecular weight excluding hydrogens is 270 g/mol. The molecule has 6 heteroatoms. The first-order valence-electron chi connectivity index (χ1n) is 6.98. The Morgan fingerprint density at radius 1 is 1.20 bits per heavy atom. The molecule has 2 aromatic heterocycles. The van der Waals surface area contributed by atoms with Crippen molar-refractivity contribution in [2.45, 2.75) is 39.2 Å². The van der Waals surface area contributed by atoms with Crippen molar-refractivity contribution in [3.63, 3.8) is 0 Å². The molecule has 0 saturated carbocycles. The van der Waals surface area contributed by atoms with Crippen molar-refractivity contribution in [3.05, 3.63) is 28.2 Å². The van der Waals surface area contributed by atoms with E-state index in [0.29, 0.717) is 6.54 Å². The lowest BCUT2D eigenvalue weighted by molar-refractivity contribution is 0.659. The Hall–Kier alpha value is -1.69. The number of rotatable bonds is 4. The predicted molar refractivity (Wildman–Crippen MR) is 82.4 cm³/mol. The van der Waals surface area contributed by atoms with Crippen molar-refractivity contribution < 1.29 is 0 Å². The second-order valence-electron chi connectivity index (χ2n) is 5.00. The molecule has 106 valence electrons. The third kappa shape index (κ3) is 2.75. The van der Waals surface area contributed by atoms with Crippen LogP contribution in [0.25, 0.3) is 0 Å². The van der Waals surface area contributed by atoms with Gasteiger partial charge in [0.15, 0.2) is 5.13 Å². The monoisotopic (exact) mass is 289 g/mol.